The molecule has 1 aliphatic rings. The first-order chi connectivity index (χ1) is 17.1. The van der Waals surface area contributed by atoms with Gasteiger partial charge in [-0.3, -0.25) is 14.4 Å². The zero-order chi connectivity index (χ0) is 26.1. The van der Waals surface area contributed by atoms with Crippen LogP contribution in [0.5, 0.6) is 17.2 Å². The predicted octanol–water partition coefficient (Wildman–Crippen LogP) is 2.22. The zero-order valence-corrected chi connectivity index (χ0v) is 19.5. The second-order valence-electron chi connectivity index (χ2n) is 8.25. The molecule has 11 heteroatoms. The summed E-state index contributed by atoms with van der Waals surface area (Å²) >= 11 is 0. The third kappa shape index (κ3) is 4.83. The van der Waals surface area contributed by atoms with Crippen molar-refractivity contribution in [3.63, 3.8) is 0 Å². The highest BCUT2D eigenvalue weighted by molar-refractivity contribution is 5.87. The van der Waals surface area contributed by atoms with Gasteiger partial charge in [0.05, 0.1) is 6.10 Å². The van der Waals surface area contributed by atoms with E-state index in [4.69, 9.17) is 23.4 Å². The quantitative estimate of drug-likeness (QED) is 0.440. The maximum atomic E-state index is 13.5. The molecular weight excluding hydrogens is 476 g/mol. The molecule has 11 nitrogen and oxygen atoms in total. The summed E-state index contributed by atoms with van der Waals surface area (Å²) in [6.45, 7) is 3.79. The molecule has 0 aliphatic carbocycles. The van der Waals surface area contributed by atoms with Crippen LogP contribution in [0.1, 0.15) is 20.8 Å². The number of rotatable bonds is 5. The van der Waals surface area contributed by atoms with Crippen LogP contribution in [0, 0.1) is 0 Å². The zero-order valence-electron chi connectivity index (χ0n) is 19.5. The molecule has 0 bridgehead atoms. The summed E-state index contributed by atoms with van der Waals surface area (Å²) in [5.74, 6) is -2.27. The van der Waals surface area contributed by atoms with Gasteiger partial charge in [0.15, 0.2) is 24.1 Å². The van der Waals surface area contributed by atoms with E-state index in [1.165, 1.54) is 49.4 Å². The first kappa shape index (κ1) is 25.0. The average Bonchev–Trinajstić information content (AvgIpc) is 2.81. The second kappa shape index (κ2) is 9.88. The minimum atomic E-state index is -1.68. The Bertz CT molecular complexity index is 1340. The smallest absolute Gasteiger partial charge is 0.303 e. The second-order valence-corrected chi connectivity index (χ2v) is 8.25. The molecule has 0 unspecified atom stereocenters. The van der Waals surface area contributed by atoms with Crippen LogP contribution in [-0.4, -0.2) is 58.0 Å². The van der Waals surface area contributed by atoms with E-state index in [-0.39, 0.29) is 28.2 Å². The summed E-state index contributed by atoms with van der Waals surface area (Å²) in [5.41, 5.74) is -0.341. The number of carbonyl (C=O) groups is 2. The highest BCUT2D eigenvalue weighted by atomic mass is 16.7. The largest absolute Gasteiger partial charge is 0.508 e. The lowest BCUT2D eigenvalue weighted by Crippen LogP contribution is -2.61. The van der Waals surface area contributed by atoms with E-state index < -0.39 is 53.8 Å². The van der Waals surface area contributed by atoms with Gasteiger partial charge in [-0.05, 0) is 43.3 Å². The van der Waals surface area contributed by atoms with Crippen LogP contribution < -0.4 is 10.2 Å². The summed E-state index contributed by atoms with van der Waals surface area (Å²) in [5, 5.41) is 30.8. The number of hydrogen-bond acceptors (Lipinski definition) is 11. The summed E-state index contributed by atoms with van der Waals surface area (Å²) in [4.78, 5) is 36.7. The fraction of sp³-hybridized carbons (Fsp3) is 0.320. The molecule has 1 aliphatic heterocycles. The molecule has 5 atom stereocenters. The molecule has 2 aromatic carbocycles. The Labute approximate surface area is 204 Å². The summed E-state index contributed by atoms with van der Waals surface area (Å²) in [6, 6.07) is 10.00. The van der Waals surface area contributed by atoms with Crippen LogP contribution in [0.3, 0.4) is 0 Å². The number of aromatic hydroxyl groups is 2. The van der Waals surface area contributed by atoms with Crippen molar-refractivity contribution in [2.45, 2.75) is 51.5 Å². The highest BCUT2D eigenvalue weighted by Crippen LogP contribution is 2.36. The number of phenolic OH excluding ortho intramolecular Hbond substituents is 2. The Morgan fingerprint density at radius 1 is 0.944 bits per heavy atom. The molecule has 0 radical (unpaired) electrons. The molecule has 36 heavy (non-hydrogen) atoms. The van der Waals surface area contributed by atoms with Gasteiger partial charge >= 0.3 is 11.9 Å². The molecule has 1 aromatic heterocycles. The lowest BCUT2D eigenvalue weighted by Gasteiger charge is -2.41. The van der Waals surface area contributed by atoms with Crippen LogP contribution in [0.2, 0.25) is 0 Å². The number of esters is 2. The van der Waals surface area contributed by atoms with Crippen molar-refractivity contribution in [3.8, 4) is 28.6 Å². The molecule has 4 rings (SSSR count). The lowest BCUT2D eigenvalue weighted by molar-refractivity contribution is -0.276. The van der Waals surface area contributed by atoms with E-state index in [2.05, 4.69) is 0 Å². The molecule has 0 saturated carbocycles. The number of benzene rings is 2. The van der Waals surface area contributed by atoms with E-state index in [9.17, 15) is 29.7 Å². The minimum absolute atomic E-state index is 0.0254. The topological polar surface area (TPSA) is 162 Å². The lowest BCUT2D eigenvalue weighted by atomic mass is 9.99. The van der Waals surface area contributed by atoms with E-state index in [0.717, 1.165) is 13.8 Å². The first-order valence-electron chi connectivity index (χ1n) is 11.0. The molecule has 190 valence electrons. The Morgan fingerprint density at radius 3 is 2.22 bits per heavy atom. The van der Waals surface area contributed by atoms with Crippen LogP contribution >= 0.6 is 0 Å². The highest BCUT2D eigenvalue weighted by Gasteiger charge is 2.49. The van der Waals surface area contributed by atoms with Gasteiger partial charge < -0.3 is 38.7 Å². The van der Waals surface area contributed by atoms with Crippen molar-refractivity contribution in [2.75, 3.05) is 0 Å². The molecule has 0 spiro atoms. The third-order valence-electron chi connectivity index (χ3n) is 5.57. The normalized spacial score (nSPS) is 23.7. The number of carbonyl (C=O) groups excluding carboxylic acids is 2. The van der Waals surface area contributed by atoms with Gasteiger partial charge in [0, 0.05) is 19.4 Å². The Kier molecular flexibility index (Phi) is 6.86. The number of hydrogen-bond donors (Lipinski definition) is 3. The Morgan fingerprint density at radius 2 is 1.58 bits per heavy atom. The number of fused-ring (bicyclic) bond motifs is 1. The van der Waals surface area contributed by atoms with Gasteiger partial charge in [-0.1, -0.05) is 6.07 Å². The van der Waals surface area contributed by atoms with E-state index in [1.54, 1.807) is 0 Å². The standard InChI is InChI=1S/C25H24O11/c1-11-21(33-12(2)26)24(34-13(3)27)20(31)25(32-11)36-23-19(30)18-16(29)5-4-6-17(18)35-22(23)14-7-9-15(28)10-8-14/h4-11,20-21,24-25,28-29,31H,1-3H3/t11-,20+,21-,24-,25-/m0/s1. The summed E-state index contributed by atoms with van der Waals surface area (Å²) in [6.07, 6.45) is -6.66. The Hall–Kier alpha value is -4.09. The van der Waals surface area contributed by atoms with Gasteiger partial charge in [0.1, 0.15) is 22.5 Å². The van der Waals surface area contributed by atoms with Gasteiger partial charge in [-0.25, -0.2) is 0 Å². The molecule has 3 aromatic rings. The van der Waals surface area contributed by atoms with Gasteiger partial charge in [0.25, 0.3) is 0 Å². The van der Waals surface area contributed by atoms with Crippen molar-refractivity contribution in [3.05, 3.63) is 52.7 Å². The van der Waals surface area contributed by atoms with E-state index in [0.29, 0.717) is 5.56 Å². The molecule has 2 heterocycles. The third-order valence-corrected chi connectivity index (χ3v) is 5.57. The van der Waals surface area contributed by atoms with Crippen molar-refractivity contribution >= 4 is 22.9 Å². The van der Waals surface area contributed by atoms with E-state index in [1.807, 2.05) is 0 Å². The first-order valence-corrected chi connectivity index (χ1v) is 11.0. The van der Waals surface area contributed by atoms with Crippen molar-refractivity contribution in [2.24, 2.45) is 0 Å². The van der Waals surface area contributed by atoms with Crippen LogP contribution in [0.4, 0.5) is 0 Å². The van der Waals surface area contributed by atoms with Crippen LogP contribution in [0.25, 0.3) is 22.3 Å². The fourth-order valence-electron chi connectivity index (χ4n) is 4.00. The van der Waals surface area contributed by atoms with Crippen molar-refractivity contribution in [1.29, 1.82) is 0 Å². The van der Waals surface area contributed by atoms with Gasteiger partial charge in [0.2, 0.25) is 17.5 Å². The van der Waals surface area contributed by atoms with Gasteiger partial charge in [-0.2, -0.15) is 0 Å². The van der Waals surface area contributed by atoms with Crippen molar-refractivity contribution in [1.82, 2.24) is 0 Å². The van der Waals surface area contributed by atoms with Crippen LogP contribution in [-0.2, 0) is 23.8 Å². The number of aliphatic hydroxyl groups excluding tert-OH is 1. The average molecular weight is 500 g/mol. The molecule has 3 N–H and O–H groups in total. The number of aliphatic hydroxyl groups is 1. The molecule has 1 fully saturated rings. The fourth-order valence-corrected chi connectivity index (χ4v) is 4.00. The maximum absolute atomic E-state index is 13.5. The van der Waals surface area contributed by atoms with Crippen molar-refractivity contribution < 1.29 is 48.3 Å². The summed E-state index contributed by atoms with van der Waals surface area (Å²) in [7, 11) is 0. The minimum Gasteiger partial charge on any atom is -0.508 e. The molecule has 0 amide bonds. The van der Waals surface area contributed by atoms with Crippen LogP contribution in [0.15, 0.2) is 51.7 Å². The number of phenols is 2. The predicted molar refractivity (Wildman–Crippen MR) is 123 cm³/mol. The number of ether oxygens (including phenoxy) is 4. The van der Waals surface area contributed by atoms with Gasteiger partial charge in [-0.15, -0.1) is 0 Å². The maximum Gasteiger partial charge on any atom is 0.303 e. The SMILES string of the molecule is CC(=O)O[C@@H]1[C@@H](OC(C)=O)[C@@H](O)[C@H](Oc2c(-c3ccc(O)cc3)oc3cccc(O)c3c2=O)O[C@H]1C. The molecular formula is C25H24O11. The Balaban J connectivity index is 1.81. The summed E-state index contributed by atoms with van der Waals surface area (Å²) < 4.78 is 27.8. The monoisotopic (exact) mass is 500 g/mol. The molecule has 1 saturated heterocycles. The van der Waals surface area contributed by atoms with E-state index >= 15 is 0 Å².